The lowest BCUT2D eigenvalue weighted by Gasteiger charge is -2.24. The van der Waals surface area contributed by atoms with Crippen LogP contribution < -0.4 is 15.5 Å². The van der Waals surface area contributed by atoms with Gasteiger partial charge >= 0.3 is 6.09 Å². The van der Waals surface area contributed by atoms with Gasteiger partial charge in [0.05, 0.1) is 12.3 Å². The monoisotopic (exact) mass is 345 g/mol. The summed E-state index contributed by atoms with van der Waals surface area (Å²) in [5.41, 5.74) is -0.0392. The van der Waals surface area contributed by atoms with Gasteiger partial charge in [-0.05, 0) is 33.3 Å². The van der Waals surface area contributed by atoms with Crippen molar-refractivity contribution >= 4 is 6.09 Å². The Morgan fingerprint density at radius 2 is 1.88 bits per heavy atom. The first kappa shape index (κ1) is 18.6. The molecule has 0 aliphatic rings. The highest BCUT2D eigenvalue weighted by Gasteiger charge is 2.21. The molecular weight excluding hydrogens is 322 g/mol. The van der Waals surface area contributed by atoms with Crippen molar-refractivity contribution in [1.82, 2.24) is 5.32 Å². The molecule has 1 atom stereocenters. The zero-order valence-electron chi connectivity index (χ0n) is 14.9. The van der Waals surface area contributed by atoms with Crippen LogP contribution in [0.2, 0.25) is 0 Å². The lowest BCUT2D eigenvalue weighted by atomic mass is 10.1. The molecule has 0 unspecified atom stereocenters. The van der Waals surface area contributed by atoms with Crippen LogP contribution in [0.5, 0.6) is 5.75 Å². The molecular formula is C19H23NO5. The molecule has 2 aromatic rings. The Balaban J connectivity index is 2.15. The number of hydrogen-bond acceptors (Lipinski definition) is 5. The molecule has 0 aliphatic heterocycles. The van der Waals surface area contributed by atoms with E-state index < -0.39 is 17.7 Å². The zero-order chi connectivity index (χ0) is 18.4. The number of hydrogen-bond donors (Lipinski definition) is 1. The van der Waals surface area contributed by atoms with Crippen molar-refractivity contribution in [3.63, 3.8) is 0 Å². The summed E-state index contributed by atoms with van der Waals surface area (Å²) in [4.78, 5) is 24.0. The van der Waals surface area contributed by atoms with Gasteiger partial charge in [0.1, 0.15) is 18.0 Å². The van der Waals surface area contributed by atoms with E-state index in [0.29, 0.717) is 5.76 Å². The molecule has 0 spiro atoms. The Labute approximate surface area is 146 Å². The molecule has 2 rings (SSSR count). The third-order valence-electron chi connectivity index (χ3n) is 3.30. The van der Waals surface area contributed by atoms with E-state index in [1.807, 2.05) is 30.3 Å². The molecule has 134 valence electrons. The standard InChI is InChI=1S/C19H23NO5/c1-13-17(16(21)10-11-23-13)24-12-15(14-8-6-5-7-9-14)20-18(22)25-19(2,3)4/h5-11,15H,12H2,1-4H3,(H,20,22)/t15-/m0/s1. The topological polar surface area (TPSA) is 77.8 Å². The quantitative estimate of drug-likeness (QED) is 0.896. The number of aryl methyl sites for hydroxylation is 1. The molecule has 1 amide bonds. The van der Waals surface area contributed by atoms with Crippen LogP contribution in [0.3, 0.4) is 0 Å². The molecule has 1 heterocycles. The van der Waals surface area contributed by atoms with E-state index in [4.69, 9.17) is 13.9 Å². The van der Waals surface area contributed by atoms with Crippen molar-refractivity contribution in [2.45, 2.75) is 39.3 Å². The number of carbonyl (C=O) groups is 1. The highest BCUT2D eigenvalue weighted by Crippen LogP contribution is 2.18. The van der Waals surface area contributed by atoms with Crippen molar-refractivity contribution in [1.29, 1.82) is 0 Å². The number of carbonyl (C=O) groups excluding carboxylic acids is 1. The highest BCUT2D eigenvalue weighted by atomic mass is 16.6. The highest BCUT2D eigenvalue weighted by molar-refractivity contribution is 5.68. The Morgan fingerprint density at radius 1 is 1.20 bits per heavy atom. The Bertz CT molecular complexity index is 761. The Morgan fingerprint density at radius 3 is 2.48 bits per heavy atom. The van der Waals surface area contributed by atoms with E-state index >= 15 is 0 Å². The number of ether oxygens (including phenoxy) is 2. The van der Waals surface area contributed by atoms with Crippen LogP contribution in [0.4, 0.5) is 4.79 Å². The lowest BCUT2D eigenvalue weighted by Crippen LogP contribution is -2.37. The summed E-state index contributed by atoms with van der Waals surface area (Å²) in [6, 6.07) is 10.2. The Hall–Kier alpha value is -2.76. The average molecular weight is 345 g/mol. The van der Waals surface area contributed by atoms with E-state index in [0.717, 1.165) is 5.56 Å². The predicted octanol–water partition coefficient (Wildman–Crippen LogP) is 3.59. The van der Waals surface area contributed by atoms with Crippen LogP contribution in [-0.4, -0.2) is 18.3 Å². The summed E-state index contributed by atoms with van der Waals surface area (Å²) < 4.78 is 16.1. The normalized spacial score (nSPS) is 12.3. The summed E-state index contributed by atoms with van der Waals surface area (Å²) in [5, 5.41) is 2.78. The molecule has 0 radical (unpaired) electrons. The minimum Gasteiger partial charge on any atom is -0.484 e. The fourth-order valence-electron chi connectivity index (χ4n) is 2.20. The van der Waals surface area contributed by atoms with Crippen LogP contribution in [0.15, 0.2) is 51.9 Å². The third kappa shape index (κ3) is 5.67. The first-order valence-corrected chi connectivity index (χ1v) is 8.02. The lowest BCUT2D eigenvalue weighted by molar-refractivity contribution is 0.0486. The fraction of sp³-hybridized carbons (Fsp3) is 0.368. The molecule has 25 heavy (non-hydrogen) atoms. The van der Waals surface area contributed by atoms with Gasteiger partial charge in [0.15, 0.2) is 0 Å². The summed E-state index contributed by atoms with van der Waals surface area (Å²) in [5.74, 6) is 0.519. The fourth-order valence-corrected chi connectivity index (χ4v) is 2.20. The average Bonchev–Trinajstić information content (AvgIpc) is 2.52. The summed E-state index contributed by atoms with van der Waals surface area (Å²) in [7, 11) is 0. The van der Waals surface area contributed by atoms with Crippen LogP contribution in [0.1, 0.15) is 38.1 Å². The van der Waals surface area contributed by atoms with E-state index in [9.17, 15) is 9.59 Å². The van der Waals surface area contributed by atoms with Gasteiger partial charge in [-0.3, -0.25) is 4.79 Å². The minimum absolute atomic E-state index is 0.0683. The van der Waals surface area contributed by atoms with E-state index in [1.54, 1.807) is 27.7 Å². The van der Waals surface area contributed by atoms with Gasteiger partial charge in [-0.1, -0.05) is 30.3 Å². The molecule has 0 saturated carbocycles. The van der Waals surface area contributed by atoms with Gasteiger partial charge in [0.2, 0.25) is 11.2 Å². The van der Waals surface area contributed by atoms with Gasteiger partial charge in [0.25, 0.3) is 0 Å². The van der Waals surface area contributed by atoms with Gasteiger partial charge in [0, 0.05) is 6.07 Å². The van der Waals surface area contributed by atoms with Crippen LogP contribution in [0.25, 0.3) is 0 Å². The number of benzene rings is 1. The SMILES string of the molecule is Cc1occc(=O)c1OC[C@H](NC(=O)OC(C)(C)C)c1ccccc1. The van der Waals surface area contributed by atoms with Gasteiger partial charge in [-0.15, -0.1) is 0 Å². The molecule has 1 aromatic carbocycles. The van der Waals surface area contributed by atoms with E-state index in [-0.39, 0.29) is 17.8 Å². The summed E-state index contributed by atoms with van der Waals surface area (Å²) in [6.45, 7) is 7.09. The van der Waals surface area contributed by atoms with Gasteiger partial charge < -0.3 is 19.2 Å². The second-order valence-electron chi connectivity index (χ2n) is 6.59. The van der Waals surface area contributed by atoms with E-state index in [1.165, 1.54) is 12.3 Å². The van der Waals surface area contributed by atoms with Crippen molar-refractivity contribution < 1.29 is 18.7 Å². The maximum Gasteiger partial charge on any atom is 0.408 e. The van der Waals surface area contributed by atoms with Crippen molar-refractivity contribution in [2.24, 2.45) is 0 Å². The molecule has 1 N–H and O–H groups in total. The number of amides is 1. The summed E-state index contributed by atoms with van der Waals surface area (Å²) >= 11 is 0. The maximum absolute atomic E-state index is 12.1. The number of alkyl carbamates (subject to hydrolysis) is 1. The zero-order valence-corrected chi connectivity index (χ0v) is 14.9. The molecule has 0 saturated heterocycles. The van der Waals surface area contributed by atoms with Crippen LogP contribution >= 0.6 is 0 Å². The molecule has 0 bridgehead atoms. The second-order valence-corrected chi connectivity index (χ2v) is 6.59. The Kier molecular flexibility index (Phi) is 5.85. The maximum atomic E-state index is 12.1. The van der Waals surface area contributed by atoms with Gasteiger partial charge in [-0.2, -0.15) is 0 Å². The first-order valence-electron chi connectivity index (χ1n) is 8.02. The molecule has 1 aromatic heterocycles. The van der Waals surface area contributed by atoms with Gasteiger partial charge in [-0.25, -0.2) is 4.79 Å². The van der Waals surface area contributed by atoms with E-state index in [2.05, 4.69) is 5.32 Å². The molecule has 6 heteroatoms. The number of rotatable bonds is 5. The molecule has 0 fully saturated rings. The smallest absolute Gasteiger partial charge is 0.408 e. The second kappa shape index (κ2) is 7.88. The molecule has 0 aliphatic carbocycles. The van der Waals surface area contributed by atoms with Crippen LogP contribution in [-0.2, 0) is 4.74 Å². The first-order chi connectivity index (χ1) is 11.8. The minimum atomic E-state index is -0.608. The molecule has 6 nitrogen and oxygen atoms in total. The van der Waals surface area contributed by atoms with Crippen molar-refractivity contribution in [2.75, 3.05) is 6.61 Å². The van der Waals surface area contributed by atoms with Crippen molar-refractivity contribution in [3.8, 4) is 5.75 Å². The predicted molar refractivity (Wildman–Crippen MR) is 93.8 cm³/mol. The number of nitrogens with one attached hydrogen (secondary N) is 1. The third-order valence-corrected chi connectivity index (χ3v) is 3.30. The largest absolute Gasteiger partial charge is 0.484 e. The van der Waals surface area contributed by atoms with Crippen molar-refractivity contribution in [3.05, 3.63) is 64.2 Å². The van der Waals surface area contributed by atoms with Crippen LogP contribution in [0, 0.1) is 6.92 Å². The summed E-state index contributed by atoms with van der Waals surface area (Å²) in [6.07, 6.45) is 0.764.